The minimum atomic E-state index is -3.71. The summed E-state index contributed by atoms with van der Waals surface area (Å²) in [7, 11) is -2.13. The number of methoxy groups -OCH3 is 1. The van der Waals surface area contributed by atoms with Gasteiger partial charge in [-0.25, -0.2) is 13.1 Å². The highest BCUT2D eigenvalue weighted by Crippen LogP contribution is 2.29. The third-order valence-electron chi connectivity index (χ3n) is 4.92. The molecular weight excluding hydrogens is 368 g/mol. The molecule has 3 rings (SSSR count). The molecule has 1 aliphatic heterocycles. The van der Waals surface area contributed by atoms with Gasteiger partial charge in [-0.15, -0.1) is 0 Å². The number of likely N-dealkylation sites (tertiary alicyclic amines) is 1. The molecular formula is C19H24N2O5S. The Morgan fingerprint density at radius 1 is 1.30 bits per heavy atom. The molecule has 1 N–H and O–H groups in total. The summed E-state index contributed by atoms with van der Waals surface area (Å²) in [4.78, 5) is 14.7. The highest BCUT2D eigenvalue weighted by Gasteiger charge is 2.43. The van der Waals surface area contributed by atoms with Gasteiger partial charge >= 0.3 is 0 Å². The molecule has 1 fully saturated rings. The zero-order valence-electron chi connectivity index (χ0n) is 15.5. The Hall–Kier alpha value is -2.16. The van der Waals surface area contributed by atoms with E-state index in [0.29, 0.717) is 37.3 Å². The van der Waals surface area contributed by atoms with E-state index < -0.39 is 15.6 Å². The zero-order chi connectivity index (χ0) is 19.5. The van der Waals surface area contributed by atoms with E-state index in [1.807, 2.05) is 0 Å². The first-order valence-corrected chi connectivity index (χ1v) is 10.3. The van der Waals surface area contributed by atoms with Gasteiger partial charge in [0.25, 0.3) is 5.91 Å². The summed E-state index contributed by atoms with van der Waals surface area (Å²) < 4.78 is 38.9. The molecule has 1 aliphatic rings. The number of carbonyl (C=O) groups excluding carboxylic acids is 1. The van der Waals surface area contributed by atoms with Gasteiger partial charge in [-0.3, -0.25) is 4.79 Å². The Morgan fingerprint density at radius 2 is 2.04 bits per heavy atom. The van der Waals surface area contributed by atoms with Crippen LogP contribution in [0.4, 0.5) is 0 Å². The summed E-state index contributed by atoms with van der Waals surface area (Å²) in [6, 6.07) is 9.88. The highest BCUT2D eigenvalue weighted by atomic mass is 32.2. The second kappa shape index (κ2) is 7.84. The van der Waals surface area contributed by atoms with Crippen molar-refractivity contribution in [1.29, 1.82) is 0 Å². The molecule has 1 atom stereocenters. The second-order valence-corrected chi connectivity index (χ2v) is 8.49. The van der Waals surface area contributed by atoms with Crippen molar-refractivity contribution in [2.75, 3.05) is 26.8 Å². The van der Waals surface area contributed by atoms with Crippen LogP contribution in [0, 0.1) is 6.92 Å². The van der Waals surface area contributed by atoms with E-state index >= 15 is 0 Å². The van der Waals surface area contributed by atoms with Crippen LogP contribution in [0.3, 0.4) is 0 Å². The number of ether oxygens (including phenoxy) is 1. The first-order valence-electron chi connectivity index (χ1n) is 8.78. The normalized spacial score (nSPS) is 20.1. The standard InChI is InChI=1S/C19H24N2O5S/c1-15-17(8-12-26-15)18(22)21-11-9-19(14-21,10-13-25-2)20-27(23,24)16-6-4-3-5-7-16/h3-8,12,20H,9-11,13-14H2,1-2H3. The van der Waals surface area contributed by atoms with Crippen LogP contribution in [-0.2, 0) is 14.8 Å². The van der Waals surface area contributed by atoms with Crippen LogP contribution >= 0.6 is 0 Å². The molecule has 1 unspecified atom stereocenters. The van der Waals surface area contributed by atoms with Gasteiger partial charge in [-0.2, -0.15) is 0 Å². The summed E-state index contributed by atoms with van der Waals surface area (Å²) in [5, 5.41) is 0. The number of rotatable bonds is 7. The maximum atomic E-state index is 12.8. The van der Waals surface area contributed by atoms with Crippen molar-refractivity contribution in [3.05, 3.63) is 54.0 Å². The molecule has 2 aromatic rings. The molecule has 8 heteroatoms. The first kappa shape index (κ1) is 19.6. The number of sulfonamides is 1. The topological polar surface area (TPSA) is 88.9 Å². The third kappa shape index (κ3) is 4.23. The lowest BCUT2D eigenvalue weighted by molar-refractivity contribution is 0.0773. The average molecular weight is 392 g/mol. The lowest BCUT2D eigenvalue weighted by Crippen LogP contribution is -2.51. The Morgan fingerprint density at radius 3 is 2.67 bits per heavy atom. The number of amides is 1. The van der Waals surface area contributed by atoms with Crippen molar-refractivity contribution in [3.8, 4) is 0 Å². The van der Waals surface area contributed by atoms with Crippen molar-refractivity contribution in [2.24, 2.45) is 0 Å². The molecule has 0 aliphatic carbocycles. The van der Waals surface area contributed by atoms with Gasteiger partial charge in [0, 0.05) is 26.8 Å². The van der Waals surface area contributed by atoms with Gasteiger partial charge in [0.05, 0.1) is 22.3 Å². The number of aryl methyl sites for hydroxylation is 1. The highest BCUT2D eigenvalue weighted by molar-refractivity contribution is 7.89. The van der Waals surface area contributed by atoms with E-state index in [0.717, 1.165) is 0 Å². The summed E-state index contributed by atoms with van der Waals surface area (Å²) in [5.74, 6) is 0.402. The smallest absolute Gasteiger partial charge is 0.257 e. The number of nitrogens with one attached hydrogen (secondary N) is 1. The van der Waals surface area contributed by atoms with Crippen LogP contribution in [0.25, 0.3) is 0 Å². The molecule has 27 heavy (non-hydrogen) atoms. The number of benzene rings is 1. The number of carbonyl (C=O) groups is 1. The van der Waals surface area contributed by atoms with Crippen LogP contribution in [-0.4, -0.2) is 51.6 Å². The summed E-state index contributed by atoms with van der Waals surface area (Å²) in [6.45, 7) is 2.88. The fourth-order valence-corrected chi connectivity index (χ4v) is 4.87. The Bertz CT molecular complexity index is 894. The molecule has 0 radical (unpaired) electrons. The van der Waals surface area contributed by atoms with Gasteiger partial charge in [0.1, 0.15) is 5.76 Å². The van der Waals surface area contributed by atoms with Gasteiger partial charge in [0.15, 0.2) is 0 Å². The van der Waals surface area contributed by atoms with Gasteiger partial charge < -0.3 is 14.1 Å². The minimum Gasteiger partial charge on any atom is -0.469 e. The fraction of sp³-hybridized carbons (Fsp3) is 0.421. The second-order valence-electron chi connectivity index (χ2n) is 6.81. The lowest BCUT2D eigenvalue weighted by Gasteiger charge is -2.30. The van der Waals surface area contributed by atoms with E-state index in [1.54, 1.807) is 55.3 Å². The first-order chi connectivity index (χ1) is 12.9. The molecule has 1 aromatic carbocycles. The summed E-state index contributed by atoms with van der Waals surface area (Å²) >= 11 is 0. The van der Waals surface area contributed by atoms with Gasteiger partial charge in [-0.1, -0.05) is 18.2 Å². The van der Waals surface area contributed by atoms with E-state index in [9.17, 15) is 13.2 Å². The Labute approximate surface area is 159 Å². The number of hydrogen-bond donors (Lipinski definition) is 1. The molecule has 0 saturated carbocycles. The van der Waals surface area contributed by atoms with Gasteiger partial charge in [0.2, 0.25) is 10.0 Å². The molecule has 0 spiro atoms. The SMILES string of the molecule is COCCC1(NS(=O)(=O)c2ccccc2)CCN(C(=O)c2ccoc2C)C1. The largest absolute Gasteiger partial charge is 0.469 e. The predicted octanol–water partition coefficient (Wildman–Crippen LogP) is 2.19. The van der Waals surface area contributed by atoms with Crippen molar-refractivity contribution >= 4 is 15.9 Å². The number of furan rings is 1. The molecule has 2 heterocycles. The van der Waals surface area contributed by atoms with E-state index in [4.69, 9.17) is 9.15 Å². The van der Waals surface area contributed by atoms with Crippen molar-refractivity contribution in [3.63, 3.8) is 0 Å². The Kier molecular flexibility index (Phi) is 5.69. The average Bonchev–Trinajstić information content (AvgIpc) is 3.27. The fourth-order valence-electron chi connectivity index (χ4n) is 3.40. The van der Waals surface area contributed by atoms with E-state index in [-0.39, 0.29) is 17.3 Å². The van der Waals surface area contributed by atoms with Crippen LogP contribution in [0.5, 0.6) is 0 Å². The van der Waals surface area contributed by atoms with Gasteiger partial charge in [-0.05, 0) is 38.0 Å². The summed E-state index contributed by atoms with van der Waals surface area (Å²) in [6.07, 6.45) is 2.48. The molecule has 1 aromatic heterocycles. The molecule has 7 nitrogen and oxygen atoms in total. The molecule has 0 bridgehead atoms. The minimum absolute atomic E-state index is 0.153. The van der Waals surface area contributed by atoms with Crippen LogP contribution in [0.2, 0.25) is 0 Å². The van der Waals surface area contributed by atoms with Crippen LogP contribution < -0.4 is 4.72 Å². The molecule has 146 valence electrons. The van der Waals surface area contributed by atoms with Crippen molar-refractivity contribution < 1.29 is 22.4 Å². The van der Waals surface area contributed by atoms with Crippen LogP contribution in [0.15, 0.2) is 52.0 Å². The monoisotopic (exact) mass is 392 g/mol. The summed E-state index contributed by atoms with van der Waals surface area (Å²) in [5.41, 5.74) is -0.263. The van der Waals surface area contributed by atoms with Crippen molar-refractivity contribution in [2.45, 2.75) is 30.2 Å². The molecule has 1 amide bonds. The zero-order valence-corrected chi connectivity index (χ0v) is 16.3. The third-order valence-corrected chi connectivity index (χ3v) is 6.51. The number of nitrogens with zero attached hydrogens (tertiary/aromatic N) is 1. The van der Waals surface area contributed by atoms with E-state index in [1.165, 1.54) is 6.26 Å². The molecule has 1 saturated heterocycles. The quantitative estimate of drug-likeness (QED) is 0.780. The maximum absolute atomic E-state index is 12.8. The van der Waals surface area contributed by atoms with Crippen molar-refractivity contribution in [1.82, 2.24) is 9.62 Å². The predicted molar refractivity (Wildman–Crippen MR) is 100.0 cm³/mol. The van der Waals surface area contributed by atoms with Crippen LogP contribution in [0.1, 0.15) is 29.0 Å². The number of hydrogen-bond acceptors (Lipinski definition) is 5. The van der Waals surface area contributed by atoms with E-state index in [2.05, 4.69) is 4.72 Å². The lowest BCUT2D eigenvalue weighted by atomic mass is 9.96. The maximum Gasteiger partial charge on any atom is 0.257 e. The Balaban J connectivity index is 1.82.